The zero-order valence-corrected chi connectivity index (χ0v) is 17.7. The molecule has 0 bridgehead atoms. The molecule has 0 aliphatic carbocycles. The average molecular weight is 433 g/mol. The molecule has 9 nitrogen and oxygen atoms in total. The number of hydrogen-bond acceptors (Lipinski definition) is 6. The second kappa shape index (κ2) is 9.99. The van der Waals surface area contributed by atoms with Gasteiger partial charge in [-0.2, -0.15) is 4.31 Å². The van der Waals surface area contributed by atoms with Crippen LogP contribution in [0, 0.1) is 10.1 Å². The SMILES string of the molecule is CCN(CC)S(=O)(=O)c1ccc(/C=C/C(=O)Nc2ccc(OC)cc2[N+](=O)[O-])cc1. The first kappa shape index (κ1) is 23.0. The van der Waals surface area contributed by atoms with Crippen LogP contribution in [-0.2, 0) is 14.8 Å². The predicted octanol–water partition coefficient (Wildman–Crippen LogP) is 3.29. The van der Waals surface area contributed by atoms with Gasteiger partial charge in [-0.3, -0.25) is 14.9 Å². The lowest BCUT2D eigenvalue weighted by atomic mass is 10.2. The number of nitro benzene ring substituents is 1. The summed E-state index contributed by atoms with van der Waals surface area (Å²) in [5.41, 5.74) is 0.353. The highest BCUT2D eigenvalue weighted by atomic mass is 32.2. The van der Waals surface area contributed by atoms with E-state index in [1.807, 2.05) is 0 Å². The average Bonchev–Trinajstić information content (AvgIpc) is 2.73. The molecule has 1 N–H and O–H groups in total. The van der Waals surface area contributed by atoms with Crippen LogP contribution in [0.25, 0.3) is 6.08 Å². The standard InChI is InChI=1S/C20H23N3O6S/c1-4-22(5-2)30(27,28)17-10-6-15(7-11-17)8-13-20(24)21-18-12-9-16(29-3)14-19(18)23(25)26/h6-14H,4-5H2,1-3H3,(H,21,24)/b13-8+. The van der Waals surface area contributed by atoms with Gasteiger partial charge in [-0.05, 0) is 35.9 Å². The second-order valence-corrected chi connectivity index (χ2v) is 8.06. The molecule has 0 atom stereocenters. The molecule has 0 unspecified atom stereocenters. The summed E-state index contributed by atoms with van der Waals surface area (Å²) in [7, 11) is -2.17. The molecule has 0 saturated heterocycles. The van der Waals surface area contributed by atoms with E-state index in [0.29, 0.717) is 24.4 Å². The lowest BCUT2D eigenvalue weighted by Crippen LogP contribution is -2.30. The number of ether oxygens (including phenoxy) is 1. The highest BCUT2D eigenvalue weighted by Crippen LogP contribution is 2.29. The van der Waals surface area contributed by atoms with Crippen molar-refractivity contribution < 1.29 is 22.9 Å². The van der Waals surface area contributed by atoms with Crippen LogP contribution in [0.1, 0.15) is 19.4 Å². The summed E-state index contributed by atoms with van der Waals surface area (Å²) in [6, 6.07) is 10.2. The molecule has 0 fully saturated rings. The summed E-state index contributed by atoms with van der Waals surface area (Å²) in [6.07, 6.45) is 2.69. The number of nitrogens with one attached hydrogen (secondary N) is 1. The second-order valence-electron chi connectivity index (χ2n) is 6.12. The number of nitro groups is 1. The summed E-state index contributed by atoms with van der Waals surface area (Å²) in [5, 5.41) is 13.6. The molecular weight excluding hydrogens is 410 g/mol. The van der Waals surface area contributed by atoms with E-state index < -0.39 is 20.9 Å². The van der Waals surface area contributed by atoms with Gasteiger partial charge in [0.05, 0.1) is 23.0 Å². The molecular formula is C20H23N3O6S. The highest BCUT2D eigenvalue weighted by Gasteiger charge is 2.21. The van der Waals surface area contributed by atoms with Crippen molar-refractivity contribution in [1.29, 1.82) is 0 Å². The monoisotopic (exact) mass is 433 g/mol. The lowest BCUT2D eigenvalue weighted by molar-refractivity contribution is -0.384. The molecule has 0 aliphatic heterocycles. The minimum atomic E-state index is -3.55. The van der Waals surface area contributed by atoms with E-state index >= 15 is 0 Å². The summed E-state index contributed by atoms with van der Waals surface area (Å²) >= 11 is 0. The van der Waals surface area contributed by atoms with Crippen LogP contribution in [0.15, 0.2) is 53.4 Å². The Morgan fingerprint density at radius 3 is 2.33 bits per heavy atom. The first-order valence-corrected chi connectivity index (χ1v) is 10.6. The van der Waals surface area contributed by atoms with Gasteiger partial charge in [-0.25, -0.2) is 8.42 Å². The van der Waals surface area contributed by atoms with Crippen molar-refractivity contribution in [2.75, 3.05) is 25.5 Å². The van der Waals surface area contributed by atoms with Crippen LogP contribution in [0.2, 0.25) is 0 Å². The number of nitrogens with zero attached hydrogens (tertiary/aromatic N) is 2. The fraction of sp³-hybridized carbons (Fsp3) is 0.250. The zero-order chi connectivity index (χ0) is 22.3. The van der Waals surface area contributed by atoms with Gasteiger partial charge in [0.2, 0.25) is 15.9 Å². The minimum absolute atomic E-state index is 0.0381. The maximum Gasteiger partial charge on any atom is 0.296 e. The number of benzene rings is 2. The number of carbonyl (C=O) groups is 1. The van der Waals surface area contributed by atoms with Crippen LogP contribution >= 0.6 is 0 Å². The van der Waals surface area contributed by atoms with Gasteiger partial charge in [0.15, 0.2) is 0 Å². The van der Waals surface area contributed by atoms with E-state index in [1.165, 1.54) is 53.9 Å². The van der Waals surface area contributed by atoms with E-state index in [0.717, 1.165) is 0 Å². The van der Waals surface area contributed by atoms with Gasteiger partial charge in [-0.15, -0.1) is 0 Å². The van der Waals surface area contributed by atoms with Gasteiger partial charge >= 0.3 is 0 Å². The van der Waals surface area contributed by atoms with Crippen molar-refractivity contribution in [3.05, 3.63) is 64.2 Å². The summed E-state index contributed by atoms with van der Waals surface area (Å²) < 4.78 is 31.3. The van der Waals surface area contributed by atoms with Gasteiger partial charge in [0.1, 0.15) is 11.4 Å². The molecule has 2 aromatic carbocycles. The van der Waals surface area contributed by atoms with Crippen molar-refractivity contribution >= 4 is 33.4 Å². The van der Waals surface area contributed by atoms with E-state index in [4.69, 9.17) is 4.74 Å². The van der Waals surface area contributed by atoms with Crippen LogP contribution in [0.4, 0.5) is 11.4 Å². The Hall–Kier alpha value is -3.24. The van der Waals surface area contributed by atoms with Crippen LogP contribution < -0.4 is 10.1 Å². The maximum absolute atomic E-state index is 12.5. The molecule has 0 radical (unpaired) electrons. The molecule has 160 valence electrons. The Kier molecular flexibility index (Phi) is 7.67. The number of anilines is 1. The molecule has 0 aromatic heterocycles. The fourth-order valence-electron chi connectivity index (χ4n) is 2.70. The molecule has 0 heterocycles. The highest BCUT2D eigenvalue weighted by molar-refractivity contribution is 7.89. The first-order chi connectivity index (χ1) is 14.2. The topological polar surface area (TPSA) is 119 Å². The minimum Gasteiger partial charge on any atom is -0.496 e. The Morgan fingerprint density at radius 2 is 1.80 bits per heavy atom. The van der Waals surface area contributed by atoms with Gasteiger partial charge in [-0.1, -0.05) is 26.0 Å². The normalized spacial score (nSPS) is 11.6. The van der Waals surface area contributed by atoms with Crippen molar-refractivity contribution in [2.45, 2.75) is 18.7 Å². The van der Waals surface area contributed by atoms with Crippen molar-refractivity contribution in [3.8, 4) is 5.75 Å². The molecule has 10 heteroatoms. The maximum atomic E-state index is 12.5. The van der Waals surface area contributed by atoms with E-state index in [-0.39, 0.29) is 16.3 Å². The molecule has 0 saturated carbocycles. The Balaban J connectivity index is 2.13. The Bertz CT molecular complexity index is 1040. The molecule has 1 amide bonds. The zero-order valence-electron chi connectivity index (χ0n) is 16.9. The van der Waals surface area contributed by atoms with Gasteiger partial charge in [0, 0.05) is 19.2 Å². The Morgan fingerprint density at radius 1 is 1.17 bits per heavy atom. The third-order valence-electron chi connectivity index (χ3n) is 4.31. The Labute approximate surface area is 175 Å². The van der Waals surface area contributed by atoms with Crippen LogP contribution in [-0.4, -0.2) is 43.8 Å². The predicted molar refractivity (Wildman–Crippen MR) is 114 cm³/mol. The lowest BCUT2D eigenvalue weighted by Gasteiger charge is -2.18. The van der Waals surface area contributed by atoms with Gasteiger partial charge < -0.3 is 10.1 Å². The number of hydrogen-bond donors (Lipinski definition) is 1. The molecule has 2 aromatic rings. The molecule has 2 rings (SSSR count). The van der Waals surface area contributed by atoms with Gasteiger partial charge in [0.25, 0.3) is 5.69 Å². The van der Waals surface area contributed by atoms with Crippen molar-refractivity contribution in [1.82, 2.24) is 4.31 Å². The number of sulfonamides is 1. The number of carbonyl (C=O) groups excluding carboxylic acids is 1. The summed E-state index contributed by atoms with van der Waals surface area (Å²) in [6.45, 7) is 4.28. The largest absolute Gasteiger partial charge is 0.496 e. The third-order valence-corrected chi connectivity index (χ3v) is 6.37. The number of methoxy groups -OCH3 is 1. The van der Waals surface area contributed by atoms with E-state index in [2.05, 4.69) is 5.32 Å². The number of amides is 1. The fourth-order valence-corrected chi connectivity index (χ4v) is 4.16. The number of rotatable bonds is 9. The van der Waals surface area contributed by atoms with E-state index in [1.54, 1.807) is 26.0 Å². The summed E-state index contributed by atoms with van der Waals surface area (Å²) in [5.74, 6) is -0.266. The first-order valence-electron chi connectivity index (χ1n) is 9.14. The van der Waals surface area contributed by atoms with Crippen molar-refractivity contribution in [3.63, 3.8) is 0 Å². The van der Waals surface area contributed by atoms with Crippen LogP contribution in [0.3, 0.4) is 0 Å². The van der Waals surface area contributed by atoms with Crippen LogP contribution in [0.5, 0.6) is 5.75 Å². The molecule has 0 spiro atoms. The van der Waals surface area contributed by atoms with Crippen molar-refractivity contribution in [2.24, 2.45) is 0 Å². The summed E-state index contributed by atoms with van der Waals surface area (Å²) in [4.78, 5) is 22.9. The molecule has 30 heavy (non-hydrogen) atoms. The smallest absolute Gasteiger partial charge is 0.296 e. The van der Waals surface area contributed by atoms with E-state index in [9.17, 15) is 23.3 Å². The quantitative estimate of drug-likeness (QED) is 0.368. The third kappa shape index (κ3) is 5.43. The molecule has 0 aliphatic rings.